The van der Waals surface area contributed by atoms with E-state index in [1.54, 1.807) is 0 Å². The second kappa shape index (κ2) is 4.01. The number of benzene rings is 1. The molecule has 0 heterocycles. The van der Waals surface area contributed by atoms with Crippen LogP contribution in [0.25, 0.3) is 0 Å². The molecule has 88 valence electrons. The van der Waals surface area contributed by atoms with E-state index in [4.69, 9.17) is 5.73 Å². The van der Waals surface area contributed by atoms with E-state index >= 15 is 0 Å². The van der Waals surface area contributed by atoms with Crippen molar-refractivity contribution in [3.63, 3.8) is 0 Å². The number of rotatable bonds is 1. The molecule has 1 aliphatic rings. The largest absolute Gasteiger partial charge is 0.507 e. The van der Waals surface area contributed by atoms with Crippen LogP contribution in [0.1, 0.15) is 37.7 Å². The van der Waals surface area contributed by atoms with Gasteiger partial charge in [0, 0.05) is 5.54 Å². The van der Waals surface area contributed by atoms with Gasteiger partial charge in [0.2, 0.25) is 0 Å². The van der Waals surface area contributed by atoms with Gasteiger partial charge in [-0.3, -0.25) is 0 Å². The third-order valence-corrected chi connectivity index (χ3v) is 3.32. The molecule has 4 heteroatoms. The van der Waals surface area contributed by atoms with Crippen LogP contribution in [0, 0.1) is 11.6 Å². The highest BCUT2D eigenvalue weighted by Gasteiger charge is 2.35. The lowest BCUT2D eigenvalue weighted by Crippen LogP contribution is -2.39. The summed E-state index contributed by atoms with van der Waals surface area (Å²) in [4.78, 5) is 0. The molecule has 2 nitrogen and oxygen atoms in total. The summed E-state index contributed by atoms with van der Waals surface area (Å²) < 4.78 is 26.8. The Morgan fingerprint density at radius 2 is 1.75 bits per heavy atom. The zero-order chi connectivity index (χ0) is 11.8. The van der Waals surface area contributed by atoms with Crippen LogP contribution in [0.2, 0.25) is 0 Å². The second-order valence-electron chi connectivity index (χ2n) is 4.47. The minimum Gasteiger partial charge on any atom is -0.507 e. The molecule has 1 aliphatic carbocycles. The fourth-order valence-corrected chi connectivity index (χ4v) is 2.45. The molecule has 0 aliphatic heterocycles. The lowest BCUT2D eigenvalue weighted by Gasteiger charge is -2.34. The highest BCUT2D eigenvalue weighted by atomic mass is 19.2. The number of phenols is 1. The summed E-state index contributed by atoms with van der Waals surface area (Å²) in [6, 6.07) is 2.08. The fourth-order valence-electron chi connectivity index (χ4n) is 2.45. The highest BCUT2D eigenvalue weighted by Crippen LogP contribution is 2.40. The minimum atomic E-state index is -1.01. The molecule has 2 rings (SSSR count). The Bertz CT molecular complexity index is 400. The molecular formula is C12H15F2NO. The Kier molecular flexibility index (Phi) is 2.84. The Balaban J connectivity index is 2.49. The molecule has 0 spiro atoms. The standard InChI is InChI=1S/C12H15F2NO/c13-8-4-5-9(16)10(11(8)14)12(15)6-2-1-3-7-12/h4-5,16H,1-3,6-7,15H2. The van der Waals surface area contributed by atoms with Gasteiger partial charge in [-0.1, -0.05) is 19.3 Å². The summed E-state index contributed by atoms with van der Waals surface area (Å²) in [5.74, 6) is -2.21. The Labute approximate surface area is 93.1 Å². The van der Waals surface area contributed by atoms with E-state index in [9.17, 15) is 13.9 Å². The summed E-state index contributed by atoms with van der Waals surface area (Å²) in [7, 11) is 0. The molecule has 16 heavy (non-hydrogen) atoms. The lowest BCUT2D eigenvalue weighted by molar-refractivity contribution is 0.278. The first kappa shape index (κ1) is 11.3. The van der Waals surface area contributed by atoms with Gasteiger partial charge >= 0.3 is 0 Å². The van der Waals surface area contributed by atoms with Crippen molar-refractivity contribution in [2.75, 3.05) is 0 Å². The molecule has 0 aromatic heterocycles. The molecule has 1 aromatic rings. The highest BCUT2D eigenvalue weighted by molar-refractivity contribution is 5.40. The SMILES string of the molecule is NC1(c2c(O)ccc(F)c2F)CCCCC1. The Morgan fingerprint density at radius 1 is 1.12 bits per heavy atom. The van der Waals surface area contributed by atoms with Gasteiger partial charge in [0.25, 0.3) is 0 Å². The third-order valence-electron chi connectivity index (χ3n) is 3.32. The first-order chi connectivity index (χ1) is 7.54. The molecule has 0 radical (unpaired) electrons. The second-order valence-corrected chi connectivity index (χ2v) is 4.47. The first-order valence-corrected chi connectivity index (χ1v) is 5.51. The van der Waals surface area contributed by atoms with Gasteiger partial charge in [0.15, 0.2) is 11.6 Å². The Morgan fingerprint density at radius 3 is 2.38 bits per heavy atom. The maximum atomic E-state index is 13.7. The van der Waals surface area contributed by atoms with Crippen LogP contribution in [-0.4, -0.2) is 5.11 Å². The van der Waals surface area contributed by atoms with E-state index in [1.807, 2.05) is 0 Å². The van der Waals surface area contributed by atoms with Crippen LogP contribution in [-0.2, 0) is 5.54 Å². The van der Waals surface area contributed by atoms with Crippen LogP contribution in [0.4, 0.5) is 8.78 Å². The van der Waals surface area contributed by atoms with Crippen molar-refractivity contribution in [3.05, 3.63) is 29.3 Å². The van der Waals surface area contributed by atoms with Gasteiger partial charge in [-0.2, -0.15) is 0 Å². The van der Waals surface area contributed by atoms with E-state index in [0.717, 1.165) is 31.4 Å². The van der Waals surface area contributed by atoms with Crippen molar-refractivity contribution in [2.45, 2.75) is 37.6 Å². The van der Waals surface area contributed by atoms with Crippen LogP contribution in [0.3, 0.4) is 0 Å². The maximum absolute atomic E-state index is 13.7. The molecule has 1 fully saturated rings. The molecule has 0 bridgehead atoms. The number of aromatic hydroxyl groups is 1. The van der Waals surface area contributed by atoms with Crippen molar-refractivity contribution in [3.8, 4) is 5.75 Å². The van der Waals surface area contributed by atoms with Gasteiger partial charge in [-0.05, 0) is 25.0 Å². The zero-order valence-corrected chi connectivity index (χ0v) is 8.97. The van der Waals surface area contributed by atoms with Crippen molar-refractivity contribution in [1.29, 1.82) is 0 Å². The van der Waals surface area contributed by atoms with E-state index in [-0.39, 0.29) is 11.3 Å². The smallest absolute Gasteiger partial charge is 0.167 e. The number of halogens is 2. The summed E-state index contributed by atoms with van der Waals surface area (Å²) in [5, 5.41) is 9.65. The number of nitrogens with two attached hydrogens (primary N) is 1. The van der Waals surface area contributed by atoms with E-state index in [1.165, 1.54) is 0 Å². The van der Waals surface area contributed by atoms with Gasteiger partial charge in [0.05, 0.1) is 5.56 Å². The van der Waals surface area contributed by atoms with Crippen molar-refractivity contribution in [2.24, 2.45) is 5.73 Å². The Hall–Kier alpha value is -1.16. The molecule has 0 saturated heterocycles. The van der Waals surface area contributed by atoms with E-state index in [2.05, 4.69) is 0 Å². The summed E-state index contributed by atoms with van der Waals surface area (Å²) in [6.07, 6.45) is 3.98. The van der Waals surface area contributed by atoms with Gasteiger partial charge in [-0.15, -0.1) is 0 Å². The molecule has 1 aromatic carbocycles. The van der Waals surface area contributed by atoms with Crippen LogP contribution < -0.4 is 5.73 Å². The molecule has 0 amide bonds. The van der Waals surface area contributed by atoms with Crippen molar-refractivity contribution >= 4 is 0 Å². The molecule has 0 unspecified atom stereocenters. The maximum Gasteiger partial charge on any atom is 0.167 e. The van der Waals surface area contributed by atoms with Gasteiger partial charge < -0.3 is 10.8 Å². The quantitative estimate of drug-likeness (QED) is 0.775. The minimum absolute atomic E-state index is 0.0628. The van der Waals surface area contributed by atoms with Crippen molar-refractivity contribution in [1.82, 2.24) is 0 Å². The molecular weight excluding hydrogens is 212 g/mol. The van der Waals surface area contributed by atoms with Gasteiger partial charge in [0.1, 0.15) is 5.75 Å². The summed E-state index contributed by atoms with van der Waals surface area (Å²) in [6.45, 7) is 0. The predicted octanol–water partition coefficient (Wildman–Crippen LogP) is 2.79. The van der Waals surface area contributed by atoms with Crippen LogP contribution in [0.15, 0.2) is 12.1 Å². The number of phenolic OH excluding ortho intramolecular Hbond substituents is 1. The number of hydrogen-bond donors (Lipinski definition) is 2. The normalized spacial score (nSPS) is 19.7. The van der Waals surface area contributed by atoms with Gasteiger partial charge in [-0.25, -0.2) is 8.78 Å². The molecule has 1 saturated carbocycles. The van der Waals surface area contributed by atoms with Crippen molar-refractivity contribution < 1.29 is 13.9 Å². The lowest BCUT2D eigenvalue weighted by atomic mass is 9.77. The molecule has 0 atom stereocenters. The van der Waals surface area contributed by atoms with Crippen LogP contribution in [0.5, 0.6) is 5.75 Å². The first-order valence-electron chi connectivity index (χ1n) is 5.51. The fraction of sp³-hybridized carbons (Fsp3) is 0.500. The molecule has 3 N–H and O–H groups in total. The zero-order valence-electron chi connectivity index (χ0n) is 8.97. The predicted molar refractivity (Wildman–Crippen MR) is 57.0 cm³/mol. The van der Waals surface area contributed by atoms with E-state index in [0.29, 0.717) is 12.8 Å². The monoisotopic (exact) mass is 227 g/mol. The third kappa shape index (κ3) is 1.78. The number of hydrogen-bond acceptors (Lipinski definition) is 2. The summed E-state index contributed by atoms with van der Waals surface area (Å²) >= 11 is 0. The van der Waals surface area contributed by atoms with Crippen LogP contribution >= 0.6 is 0 Å². The topological polar surface area (TPSA) is 46.2 Å². The average molecular weight is 227 g/mol. The average Bonchev–Trinajstić information content (AvgIpc) is 2.25. The summed E-state index contributed by atoms with van der Waals surface area (Å²) in [5.41, 5.74) is 5.10. The van der Waals surface area contributed by atoms with E-state index < -0.39 is 17.2 Å².